The number of aliphatic hydroxyl groups excluding tert-OH is 1. The van der Waals surface area contributed by atoms with Crippen LogP contribution >= 0.6 is 15.9 Å². The molecule has 0 unspecified atom stereocenters. The number of carbonyl (C=O) groups is 2. The fraction of sp³-hybridized carbons (Fsp3) is 0.667. The van der Waals surface area contributed by atoms with E-state index in [0.29, 0.717) is 42.2 Å². The summed E-state index contributed by atoms with van der Waals surface area (Å²) >= 11 is 3.46. The van der Waals surface area contributed by atoms with Gasteiger partial charge in [-0.2, -0.15) is 0 Å². The highest BCUT2D eigenvalue weighted by Gasteiger charge is 2.41. The molecule has 2 aliphatic rings. The van der Waals surface area contributed by atoms with Crippen LogP contribution in [0.5, 0.6) is 0 Å². The number of ketones is 1. The van der Waals surface area contributed by atoms with Crippen LogP contribution in [-0.2, 0) is 14.3 Å². The Bertz CT molecular complexity index is 649. The third kappa shape index (κ3) is 7.53. The molecule has 4 nitrogen and oxygen atoms in total. The van der Waals surface area contributed by atoms with Gasteiger partial charge in [-0.05, 0) is 66.8 Å². The average molecular weight is 467 g/mol. The molecule has 29 heavy (non-hydrogen) atoms. The van der Waals surface area contributed by atoms with Crippen molar-refractivity contribution in [3.8, 4) is 0 Å². The molecule has 0 saturated heterocycles. The van der Waals surface area contributed by atoms with Crippen molar-refractivity contribution >= 4 is 27.7 Å². The number of hydrogen-bond donors (Lipinski definition) is 1. The number of ether oxygens (including phenoxy) is 1. The van der Waals surface area contributed by atoms with Gasteiger partial charge in [-0.1, -0.05) is 49.6 Å². The summed E-state index contributed by atoms with van der Waals surface area (Å²) in [5.74, 6) is 0.761. The van der Waals surface area contributed by atoms with Crippen LogP contribution in [0.1, 0.15) is 71.6 Å². The number of halogens is 1. The summed E-state index contributed by atoms with van der Waals surface area (Å²) in [7, 11) is 0. The van der Waals surface area contributed by atoms with Crippen molar-refractivity contribution in [2.45, 2.75) is 77.7 Å². The molecule has 0 aromatic heterocycles. The minimum Gasteiger partial charge on any atom is -0.466 e. The first-order valence-corrected chi connectivity index (χ1v) is 11.9. The van der Waals surface area contributed by atoms with Gasteiger partial charge in [0.05, 0.1) is 17.2 Å². The summed E-state index contributed by atoms with van der Waals surface area (Å²) in [6, 6.07) is 0. The van der Waals surface area contributed by atoms with E-state index in [2.05, 4.69) is 35.0 Å². The van der Waals surface area contributed by atoms with Gasteiger partial charge in [0.1, 0.15) is 0 Å². The summed E-state index contributed by atoms with van der Waals surface area (Å²) in [6.07, 6.45) is 15.5. The molecule has 0 aromatic carbocycles. The smallest absolute Gasteiger partial charge is 0.306 e. The van der Waals surface area contributed by atoms with E-state index in [1.54, 1.807) is 0 Å². The average Bonchev–Trinajstić information content (AvgIpc) is 3.00. The summed E-state index contributed by atoms with van der Waals surface area (Å²) in [6.45, 7) is 4.37. The first-order chi connectivity index (χ1) is 14.0. The zero-order valence-corrected chi connectivity index (χ0v) is 19.3. The van der Waals surface area contributed by atoms with E-state index >= 15 is 0 Å². The van der Waals surface area contributed by atoms with Crippen molar-refractivity contribution in [2.24, 2.45) is 17.8 Å². The van der Waals surface area contributed by atoms with Crippen molar-refractivity contribution in [1.29, 1.82) is 0 Å². The Hall–Kier alpha value is -1.20. The number of Topliss-reactive ketones (excluding diaryl/α,β-unsaturated/α-hetero) is 1. The molecule has 0 heterocycles. The van der Waals surface area contributed by atoms with Crippen LogP contribution in [0.15, 0.2) is 34.4 Å². The maximum absolute atomic E-state index is 12.3. The van der Waals surface area contributed by atoms with Crippen LogP contribution in [0.25, 0.3) is 0 Å². The lowest BCUT2D eigenvalue weighted by molar-refractivity contribution is -0.143. The number of aliphatic hydroxyl groups is 1. The normalized spacial score (nSPS) is 27.0. The molecule has 0 radical (unpaired) electrons. The SMILES string of the molecule is CCCCCC(=O)C(Br)=C[C@H]1[C@@H]2CCC(C=CCCC(=O)OCC)=C[C@@H]2C[C@H]1O. The molecule has 4 atom stereocenters. The van der Waals surface area contributed by atoms with E-state index in [-0.39, 0.29) is 17.7 Å². The predicted octanol–water partition coefficient (Wildman–Crippen LogP) is 5.65. The van der Waals surface area contributed by atoms with Gasteiger partial charge in [0, 0.05) is 18.8 Å². The third-order valence-electron chi connectivity index (χ3n) is 5.96. The standard InChI is InChI=1S/C24H35BrO4/c1-3-5-6-10-22(26)21(25)16-20-19-13-12-17(14-18(19)15-23(20)27)9-7-8-11-24(28)29-4-2/h7,9,14,16,18-20,23,27H,3-6,8,10-13,15H2,1-2H3/t18-,19-,20+,23-/m1/s1. The van der Waals surface area contributed by atoms with Gasteiger partial charge in [0.25, 0.3) is 0 Å². The van der Waals surface area contributed by atoms with E-state index in [0.717, 1.165) is 38.5 Å². The molecule has 1 N–H and O–H groups in total. The summed E-state index contributed by atoms with van der Waals surface area (Å²) in [5, 5.41) is 10.6. The van der Waals surface area contributed by atoms with E-state index in [9.17, 15) is 14.7 Å². The second kappa shape index (κ2) is 12.5. The van der Waals surface area contributed by atoms with Crippen molar-refractivity contribution < 1.29 is 19.4 Å². The number of fused-ring (bicyclic) bond motifs is 1. The molecular formula is C24H35BrO4. The number of allylic oxidation sites excluding steroid dienone is 5. The first kappa shape index (κ1) is 24.1. The van der Waals surface area contributed by atoms with Crippen LogP contribution in [0, 0.1) is 17.8 Å². The molecule has 2 aliphatic carbocycles. The molecule has 0 bridgehead atoms. The Morgan fingerprint density at radius 1 is 1.28 bits per heavy atom. The van der Waals surface area contributed by atoms with Gasteiger partial charge in [0.15, 0.2) is 5.78 Å². The number of rotatable bonds is 11. The maximum Gasteiger partial charge on any atom is 0.306 e. The lowest BCUT2D eigenvalue weighted by Gasteiger charge is -2.26. The van der Waals surface area contributed by atoms with Crippen molar-refractivity contribution in [2.75, 3.05) is 6.61 Å². The highest BCUT2D eigenvalue weighted by molar-refractivity contribution is 9.12. The number of unbranched alkanes of at least 4 members (excludes halogenated alkanes) is 2. The van der Waals surface area contributed by atoms with E-state index in [1.807, 2.05) is 19.1 Å². The topological polar surface area (TPSA) is 63.6 Å². The largest absolute Gasteiger partial charge is 0.466 e. The molecule has 5 heteroatoms. The van der Waals surface area contributed by atoms with Crippen LogP contribution in [0.4, 0.5) is 0 Å². The van der Waals surface area contributed by atoms with Gasteiger partial charge in [-0.3, -0.25) is 9.59 Å². The van der Waals surface area contributed by atoms with Crippen molar-refractivity contribution in [1.82, 2.24) is 0 Å². The Morgan fingerprint density at radius 3 is 2.79 bits per heavy atom. The molecular weight excluding hydrogens is 432 g/mol. The van der Waals surface area contributed by atoms with Crippen LogP contribution in [0.3, 0.4) is 0 Å². The van der Waals surface area contributed by atoms with Crippen molar-refractivity contribution in [3.63, 3.8) is 0 Å². The monoisotopic (exact) mass is 466 g/mol. The Morgan fingerprint density at radius 2 is 2.07 bits per heavy atom. The number of carbonyl (C=O) groups excluding carboxylic acids is 2. The van der Waals surface area contributed by atoms with E-state index in [4.69, 9.17) is 4.74 Å². The zero-order valence-electron chi connectivity index (χ0n) is 17.7. The van der Waals surface area contributed by atoms with Crippen LogP contribution < -0.4 is 0 Å². The second-order valence-electron chi connectivity index (χ2n) is 8.13. The molecule has 1 fully saturated rings. The molecule has 1 saturated carbocycles. The lowest BCUT2D eigenvalue weighted by atomic mass is 9.78. The predicted molar refractivity (Wildman–Crippen MR) is 120 cm³/mol. The highest BCUT2D eigenvalue weighted by Crippen LogP contribution is 2.46. The Balaban J connectivity index is 1.91. The van der Waals surface area contributed by atoms with Gasteiger partial charge >= 0.3 is 5.97 Å². The zero-order chi connectivity index (χ0) is 21.2. The van der Waals surface area contributed by atoms with Gasteiger partial charge < -0.3 is 9.84 Å². The second-order valence-corrected chi connectivity index (χ2v) is 8.98. The minimum atomic E-state index is -0.399. The lowest BCUT2D eigenvalue weighted by Crippen LogP contribution is -2.21. The summed E-state index contributed by atoms with van der Waals surface area (Å²) in [5.41, 5.74) is 1.28. The molecule has 0 amide bonds. The number of esters is 1. The fourth-order valence-corrected chi connectivity index (χ4v) is 4.93. The highest BCUT2D eigenvalue weighted by atomic mass is 79.9. The molecule has 162 valence electrons. The maximum atomic E-state index is 12.3. The minimum absolute atomic E-state index is 0.0371. The Labute approximate surface area is 183 Å². The molecule has 0 aromatic rings. The van der Waals surface area contributed by atoms with Crippen LogP contribution in [-0.4, -0.2) is 29.6 Å². The molecule has 0 spiro atoms. The first-order valence-electron chi connectivity index (χ1n) is 11.1. The summed E-state index contributed by atoms with van der Waals surface area (Å²) < 4.78 is 5.57. The van der Waals surface area contributed by atoms with Gasteiger partial charge in [-0.25, -0.2) is 0 Å². The quantitative estimate of drug-likeness (QED) is 0.242. The van der Waals surface area contributed by atoms with Gasteiger partial charge in [0.2, 0.25) is 0 Å². The fourth-order valence-electron chi connectivity index (χ4n) is 4.43. The van der Waals surface area contributed by atoms with E-state index < -0.39 is 6.10 Å². The van der Waals surface area contributed by atoms with Crippen LogP contribution in [0.2, 0.25) is 0 Å². The Kier molecular flexibility index (Phi) is 10.4. The molecule has 2 rings (SSSR count). The third-order valence-corrected chi connectivity index (χ3v) is 6.67. The summed E-state index contributed by atoms with van der Waals surface area (Å²) in [4.78, 5) is 23.7. The molecule has 0 aliphatic heterocycles. The van der Waals surface area contributed by atoms with Crippen molar-refractivity contribution in [3.05, 3.63) is 34.4 Å². The number of hydrogen-bond acceptors (Lipinski definition) is 4. The van der Waals surface area contributed by atoms with Gasteiger partial charge in [-0.15, -0.1) is 0 Å². The van der Waals surface area contributed by atoms with E-state index in [1.165, 1.54) is 5.57 Å².